The lowest BCUT2D eigenvalue weighted by Gasteiger charge is -2.37. The standard InChI is InChI=1S/C11H14N4O4/c16-8-12-5-3-1-2-4-6-14-10(18)15(11(14)19)7-13-9-17/h1-7H2. The van der Waals surface area contributed by atoms with Crippen LogP contribution < -0.4 is 0 Å². The third kappa shape index (κ3) is 4.13. The second-order valence-corrected chi connectivity index (χ2v) is 3.92. The first-order valence-electron chi connectivity index (χ1n) is 5.92. The van der Waals surface area contributed by atoms with E-state index in [-0.39, 0.29) is 6.67 Å². The number of rotatable bonds is 9. The van der Waals surface area contributed by atoms with E-state index >= 15 is 0 Å². The molecule has 0 radical (unpaired) electrons. The van der Waals surface area contributed by atoms with E-state index in [1.54, 1.807) is 0 Å². The predicted octanol–water partition coefficient (Wildman–Crippen LogP) is 1.03. The van der Waals surface area contributed by atoms with Gasteiger partial charge in [-0.2, -0.15) is 4.99 Å². The molecule has 1 saturated heterocycles. The van der Waals surface area contributed by atoms with Crippen LogP contribution in [0.15, 0.2) is 9.98 Å². The monoisotopic (exact) mass is 266 g/mol. The van der Waals surface area contributed by atoms with Gasteiger partial charge in [0.25, 0.3) is 0 Å². The molecule has 4 amide bonds. The summed E-state index contributed by atoms with van der Waals surface area (Å²) in [5.74, 6) is 0. The summed E-state index contributed by atoms with van der Waals surface area (Å²) in [6, 6.07) is -0.871. The summed E-state index contributed by atoms with van der Waals surface area (Å²) in [6.07, 6.45) is 5.95. The van der Waals surface area contributed by atoms with Crippen molar-refractivity contribution in [1.29, 1.82) is 0 Å². The molecule has 1 aliphatic heterocycles. The quantitative estimate of drug-likeness (QED) is 0.353. The summed E-state index contributed by atoms with van der Waals surface area (Å²) in [4.78, 5) is 51.2. The van der Waals surface area contributed by atoms with Crippen LogP contribution in [0.4, 0.5) is 9.59 Å². The maximum atomic E-state index is 11.5. The number of urea groups is 2. The van der Waals surface area contributed by atoms with Crippen molar-refractivity contribution in [2.45, 2.75) is 25.7 Å². The average molecular weight is 266 g/mol. The molecular formula is C11H14N4O4. The Labute approximate surface area is 109 Å². The SMILES string of the molecule is O=C=NCCCCCCN1C(=O)N(CN=C=O)C1=O. The number of isocyanates is 2. The van der Waals surface area contributed by atoms with Crippen LogP contribution in [-0.2, 0) is 9.59 Å². The maximum Gasteiger partial charge on any atom is 0.337 e. The van der Waals surface area contributed by atoms with Crippen molar-refractivity contribution in [3.63, 3.8) is 0 Å². The van der Waals surface area contributed by atoms with Crippen molar-refractivity contribution in [3.05, 3.63) is 0 Å². The van der Waals surface area contributed by atoms with Crippen LogP contribution in [0.1, 0.15) is 25.7 Å². The number of aliphatic imine (C=N–C) groups is 2. The third-order valence-corrected chi connectivity index (χ3v) is 2.67. The summed E-state index contributed by atoms with van der Waals surface area (Å²) >= 11 is 0. The largest absolute Gasteiger partial charge is 0.337 e. The maximum absolute atomic E-state index is 11.5. The second-order valence-electron chi connectivity index (χ2n) is 3.92. The van der Waals surface area contributed by atoms with Crippen molar-refractivity contribution in [3.8, 4) is 0 Å². The highest BCUT2D eigenvalue weighted by Gasteiger charge is 2.42. The minimum Gasteiger partial charge on any atom is -0.247 e. The lowest BCUT2D eigenvalue weighted by Crippen LogP contribution is -2.63. The lowest BCUT2D eigenvalue weighted by atomic mass is 10.2. The van der Waals surface area contributed by atoms with Gasteiger partial charge in [0.1, 0.15) is 6.67 Å². The zero-order valence-electron chi connectivity index (χ0n) is 10.4. The topological polar surface area (TPSA) is 99.5 Å². The summed E-state index contributed by atoms with van der Waals surface area (Å²) in [5, 5.41) is 0. The first-order chi connectivity index (χ1) is 9.22. The Kier molecular flexibility index (Phi) is 6.15. The number of carbonyl (C=O) groups excluding carboxylic acids is 4. The molecule has 8 nitrogen and oxygen atoms in total. The minimum atomic E-state index is -0.436. The van der Waals surface area contributed by atoms with Crippen molar-refractivity contribution >= 4 is 24.2 Å². The molecule has 1 fully saturated rings. The molecule has 19 heavy (non-hydrogen) atoms. The van der Waals surface area contributed by atoms with Crippen molar-refractivity contribution in [2.75, 3.05) is 19.8 Å². The van der Waals surface area contributed by atoms with Crippen molar-refractivity contribution in [2.24, 2.45) is 9.98 Å². The van der Waals surface area contributed by atoms with Gasteiger partial charge in [-0.1, -0.05) is 12.8 Å². The smallest absolute Gasteiger partial charge is 0.247 e. The van der Waals surface area contributed by atoms with E-state index in [4.69, 9.17) is 0 Å². The van der Waals surface area contributed by atoms with Gasteiger partial charge in [0.15, 0.2) is 0 Å². The van der Waals surface area contributed by atoms with Crippen LogP contribution in [0, 0.1) is 0 Å². The van der Waals surface area contributed by atoms with Crippen LogP contribution >= 0.6 is 0 Å². The molecule has 0 spiro atoms. The van der Waals surface area contributed by atoms with Gasteiger partial charge in [0.05, 0.1) is 6.54 Å². The minimum absolute atomic E-state index is 0.263. The van der Waals surface area contributed by atoms with E-state index in [0.717, 1.165) is 29.1 Å². The lowest BCUT2D eigenvalue weighted by molar-refractivity contribution is 0.106. The molecule has 0 N–H and O–H groups in total. The highest BCUT2D eigenvalue weighted by atomic mass is 16.2. The molecule has 1 aliphatic rings. The molecule has 0 atom stereocenters. The molecule has 0 aromatic rings. The van der Waals surface area contributed by atoms with Crippen LogP contribution in [0.5, 0.6) is 0 Å². The molecule has 0 bridgehead atoms. The average Bonchev–Trinajstić information content (AvgIpc) is 2.42. The first kappa shape index (κ1) is 14.8. The summed E-state index contributed by atoms with van der Waals surface area (Å²) in [5.41, 5.74) is 0. The van der Waals surface area contributed by atoms with Gasteiger partial charge in [0.2, 0.25) is 12.2 Å². The van der Waals surface area contributed by atoms with Gasteiger partial charge in [0, 0.05) is 6.54 Å². The van der Waals surface area contributed by atoms with E-state index in [0.29, 0.717) is 19.5 Å². The zero-order valence-corrected chi connectivity index (χ0v) is 10.4. The Morgan fingerprint density at radius 1 is 0.842 bits per heavy atom. The van der Waals surface area contributed by atoms with Crippen molar-refractivity contribution < 1.29 is 19.2 Å². The van der Waals surface area contributed by atoms with Gasteiger partial charge in [-0.05, 0) is 12.8 Å². The third-order valence-electron chi connectivity index (χ3n) is 2.67. The summed E-state index contributed by atoms with van der Waals surface area (Å²) < 4.78 is 0. The van der Waals surface area contributed by atoms with Crippen LogP contribution in [0.25, 0.3) is 0 Å². The second kappa shape index (κ2) is 7.92. The number of nitrogens with zero attached hydrogens (tertiary/aromatic N) is 4. The van der Waals surface area contributed by atoms with E-state index in [2.05, 4.69) is 9.98 Å². The molecule has 0 aliphatic carbocycles. The molecule has 0 unspecified atom stereocenters. The van der Waals surface area contributed by atoms with Crippen LogP contribution in [0.3, 0.4) is 0 Å². The van der Waals surface area contributed by atoms with Crippen molar-refractivity contribution in [1.82, 2.24) is 9.80 Å². The van der Waals surface area contributed by atoms with E-state index in [1.165, 1.54) is 12.2 Å². The number of amides is 4. The molecule has 8 heteroatoms. The van der Waals surface area contributed by atoms with Gasteiger partial charge < -0.3 is 0 Å². The Balaban J connectivity index is 2.14. The number of hydrogen-bond donors (Lipinski definition) is 0. The number of imide groups is 2. The summed E-state index contributed by atoms with van der Waals surface area (Å²) in [7, 11) is 0. The number of carbonyl (C=O) groups is 2. The van der Waals surface area contributed by atoms with Crippen LogP contribution in [-0.4, -0.2) is 53.8 Å². The first-order valence-corrected chi connectivity index (χ1v) is 5.92. The molecule has 1 rings (SSSR count). The predicted molar refractivity (Wildman–Crippen MR) is 63.8 cm³/mol. The number of hydrogen-bond acceptors (Lipinski definition) is 6. The van der Waals surface area contributed by atoms with E-state index in [9.17, 15) is 19.2 Å². The normalized spacial score (nSPS) is 13.7. The number of unbranched alkanes of at least 4 members (excludes halogenated alkanes) is 3. The van der Waals surface area contributed by atoms with Gasteiger partial charge in [-0.3, -0.25) is 0 Å². The molecular weight excluding hydrogens is 252 g/mol. The Hall–Kier alpha value is -2.30. The fraction of sp³-hybridized carbons (Fsp3) is 0.636. The highest BCUT2D eigenvalue weighted by Crippen LogP contribution is 2.17. The van der Waals surface area contributed by atoms with Gasteiger partial charge >= 0.3 is 12.1 Å². The molecule has 0 aromatic carbocycles. The zero-order chi connectivity index (χ0) is 14.1. The highest BCUT2D eigenvalue weighted by molar-refractivity contribution is 6.11. The Morgan fingerprint density at radius 2 is 1.47 bits per heavy atom. The summed E-state index contributed by atoms with van der Waals surface area (Å²) in [6.45, 7) is 0.555. The molecule has 102 valence electrons. The molecule has 1 heterocycles. The molecule has 0 saturated carbocycles. The fourth-order valence-corrected chi connectivity index (χ4v) is 1.68. The van der Waals surface area contributed by atoms with Crippen LogP contribution in [0.2, 0.25) is 0 Å². The molecule has 0 aromatic heterocycles. The fourth-order valence-electron chi connectivity index (χ4n) is 1.68. The van der Waals surface area contributed by atoms with Gasteiger partial charge in [-0.25, -0.2) is 34.0 Å². The Morgan fingerprint density at radius 3 is 2.11 bits per heavy atom. The Bertz CT molecular complexity index is 422. The van der Waals surface area contributed by atoms with E-state index in [1.807, 2.05) is 0 Å². The van der Waals surface area contributed by atoms with E-state index < -0.39 is 12.1 Å². The van der Waals surface area contributed by atoms with Gasteiger partial charge in [-0.15, -0.1) is 0 Å².